The van der Waals surface area contributed by atoms with Crippen LogP contribution < -0.4 is 4.74 Å². The van der Waals surface area contributed by atoms with E-state index in [2.05, 4.69) is 26.0 Å². The van der Waals surface area contributed by atoms with Crippen LogP contribution in [-0.2, 0) is 11.8 Å². The van der Waals surface area contributed by atoms with Gasteiger partial charge in [0, 0.05) is 5.02 Å². The van der Waals surface area contributed by atoms with Crippen LogP contribution in [0.5, 0.6) is 11.5 Å². The van der Waals surface area contributed by atoms with Crippen LogP contribution in [-0.4, -0.2) is 0 Å². The lowest BCUT2D eigenvalue weighted by atomic mass is 9.80. The predicted molar refractivity (Wildman–Crippen MR) is 110 cm³/mol. The van der Waals surface area contributed by atoms with Crippen LogP contribution in [0.4, 0.5) is 8.78 Å². The molecule has 0 amide bonds. The Balaban J connectivity index is 1.65. The van der Waals surface area contributed by atoms with Crippen LogP contribution >= 0.6 is 11.6 Å². The lowest BCUT2D eigenvalue weighted by molar-refractivity contribution is 0.413. The van der Waals surface area contributed by atoms with Crippen LogP contribution in [0.3, 0.4) is 0 Å². The van der Waals surface area contributed by atoms with Gasteiger partial charge in [0.25, 0.3) is 0 Å². The molecule has 0 aliphatic rings. The van der Waals surface area contributed by atoms with Gasteiger partial charge in [-0.1, -0.05) is 55.8 Å². The number of para-hydroxylation sites is 1. The summed E-state index contributed by atoms with van der Waals surface area (Å²) in [5, 5.41) is 0.730. The van der Waals surface area contributed by atoms with Crippen molar-refractivity contribution in [3.8, 4) is 11.5 Å². The van der Waals surface area contributed by atoms with Crippen molar-refractivity contribution in [2.45, 2.75) is 38.5 Å². The van der Waals surface area contributed by atoms with Gasteiger partial charge in [0.05, 0.1) is 0 Å². The zero-order valence-electron chi connectivity index (χ0n) is 16.0. The zero-order chi connectivity index (χ0) is 20.1. The van der Waals surface area contributed by atoms with E-state index in [1.165, 1.54) is 23.8 Å². The van der Waals surface area contributed by atoms with Crippen molar-refractivity contribution in [3.05, 3.63) is 94.5 Å². The highest BCUT2D eigenvalue weighted by Crippen LogP contribution is 2.31. The molecule has 0 heterocycles. The van der Waals surface area contributed by atoms with E-state index < -0.39 is 11.6 Å². The Bertz CT molecular complexity index is 936. The largest absolute Gasteiger partial charge is 0.451 e. The molecule has 0 aliphatic carbocycles. The summed E-state index contributed by atoms with van der Waals surface area (Å²) in [7, 11) is 0. The third-order valence-electron chi connectivity index (χ3n) is 4.95. The van der Waals surface area contributed by atoms with E-state index in [1.807, 2.05) is 12.1 Å². The van der Waals surface area contributed by atoms with E-state index in [9.17, 15) is 8.78 Å². The van der Waals surface area contributed by atoms with Crippen LogP contribution in [0.1, 0.15) is 37.8 Å². The summed E-state index contributed by atoms with van der Waals surface area (Å²) < 4.78 is 33.3. The van der Waals surface area contributed by atoms with Crippen molar-refractivity contribution >= 4 is 11.6 Å². The van der Waals surface area contributed by atoms with Gasteiger partial charge in [-0.3, -0.25) is 0 Å². The lowest BCUT2D eigenvalue weighted by Gasteiger charge is -2.25. The van der Waals surface area contributed by atoms with E-state index in [4.69, 9.17) is 16.3 Å². The number of rotatable bonds is 7. The van der Waals surface area contributed by atoms with Crippen molar-refractivity contribution in [1.29, 1.82) is 0 Å². The molecule has 0 radical (unpaired) electrons. The Morgan fingerprint density at radius 3 is 2.25 bits per heavy atom. The molecule has 0 unspecified atom stereocenters. The minimum atomic E-state index is -0.517. The summed E-state index contributed by atoms with van der Waals surface area (Å²) in [5.74, 6) is -0.965. The van der Waals surface area contributed by atoms with E-state index in [0.29, 0.717) is 0 Å². The van der Waals surface area contributed by atoms with Gasteiger partial charge < -0.3 is 4.74 Å². The fourth-order valence-corrected chi connectivity index (χ4v) is 3.33. The van der Waals surface area contributed by atoms with Crippen molar-refractivity contribution in [1.82, 2.24) is 0 Å². The first-order chi connectivity index (χ1) is 13.3. The Morgan fingerprint density at radius 2 is 1.54 bits per heavy atom. The molecular weight excluding hydrogens is 378 g/mol. The van der Waals surface area contributed by atoms with Gasteiger partial charge in [-0.15, -0.1) is 0 Å². The van der Waals surface area contributed by atoms with E-state index in [-0.39, 0.29) is 16.9 Å². The maximum absolute atomic E-state index is 14.1. The average Bonchev–Trinajstić information content (AvgIpc) is 2.66. The monoisotopic (exact) mass is 400 g/mol. The van der Waals surface area contributed by atoms with Gasteiger partial charge in [0.15, 0.2) is 23.1 Å². The first-order valence-electron chi connectivity index (χ1n) is 9.32. The van der Waals surface area contributed by atoms with Crippen LogP contribution in [0.2, 0.25) is 5.02 Å². The van der Waals surface area contributed by atoms with Gasteiger partial charge >= 0.3 is 0 Å². The number of ether oxygens (including phenoxy) is 1. The molecule has 0 fully saturated rings. The third-order valence-corrected chi connectivity index (χ3v) is 5.20. The van der Waals surface area contributed by atoms with Gasteiger partial charge in [0.2, 0.25) is 0 Å². The highest BCUT2D eigenvalue weighted by atomic mass is 35.5. The van der Waals surface area contributed by atoms with Crippen molar-refractivity contribution in [2.24, 2.45) is 0 Å². The molecule has 146 valence electrons. The Kier molecular flexibility index (Phi) is 6.35. The molecular formula is C24H23ClF2O. The summed E-state index contributed by atoms with van der Waals surface area (Å²) in [6.45, 7) is 4.40. The topological polar surface area (TPSA) is 9.23 Å². The normalized spacial score (nSPS) is 11.5. The molecule has 0 aromatic heterocycles. The second kappa shape index (κ2) is 8.74. The molecule has 0 aliphatic heterocycles. The summed E-state index contributed by atoms with van der Waals surface area (Å²) in [6.07, 6.45) is 2.68. The predicted octanol–water partition coefficient (Wildman–Crippen LogP) is 7.71. The molecule has 0 bridgehead atoms. The lowest BCUT2D eigenvalue weighted by Crippen LogP contribution is -2.17. The summed E-state index contributed by atoms with van der Waals surface area (Å²) in [6, 6.07) is 18.7. The van der Waals surface area contributed by atoms with E-state index >= 15 is 0 Å². The maximum atomic E-state index is 14.1. The van der Waals surface area contributed by atoms with Gasteiger partial charge in [-0.2, -0.15) is 0 Å². The molecule has 0 saturated heterocycles. The fraction of sp³-hybridized carbons (Fsp3) is 0.250. The number of hydrogen-bond acceptors (Lipinski definition) is 1. The Morgan fingerprint density at radius 1 is 0.857 bits per heavy atom. The van der Waals surface area contributed by atoms with Gasteiger partial charge in [0.1, 0.15) is 0 Å². The Hall–Kier alpha value is -2.39. The highest BCUT2D eigenvalue weighted by Gasteiger charge is 2.20. The number of aryl methyl sites for hydroxylation is 1. The van der Waals surface area contributed by atoms with Crippen LogP contribution in [0, 0.1) is 11.6 Å². The maximum Gasteiger partial charge on any atom is 0.165 e. The van der Waals surface area contributed by atoms with Crippen LogP contribution in [0.25, 0.3) is 0 Å². The smallest absolute Gasteiger partial charge is 0.165 e. The number of halogens is 3. The van der Waals surface area contributed by atoms with E-state index in [1.54, 1.807) is 24.3 Å². The van der Waals surface area contributed by atoms with Crippen LogP contribution in [0.15, 0.2) is 66.7 Å². The zero-order valence-corrected chi connectivity index (χ0v) is 16.8. The number of benzene rings is 3. The fourth-order valence-electron chi connectivity index (χ4n) is 3.21. The highest BCUT2D eigenvalue weighted by molar-refractivity contribution is 6.30. The standard InChI is InChI=1S/C24H23ClF2O/c1-24(2,18-10-12-19(25)13-11-18)15-5-6-17-9-14-21(27)23(16-17)28-22-8-4-3-7-20(22)26/h3-4,7-14,16H,5-6,15H2,1-2H3. The molecule has 28 heavy (non-hydrogen) atoms. The van der Waals surface area contributed by atoms with Gasteiger partial charge in [-0.05, 0) is 72.2 Å². The minimum absolute atomic E-state index is 0.0110. The molecule has 1 nitrogen and oxygen atoms in total. The quantitative estimate of drug-likeness (QED) is 0.394. The average molecular weight is 401 g/mol. The van der Waals surface area contributed by atoms with Gasteiger partial charge in [-0.25, -0.2) is 8.78 Å². The third kappa shape index (κ3) is 5.11. The molecule has 3 aromatic carbocycles. The molecule has 3 aromatic rings. The molecule has 0 spiro atoms. The van der Waals surface area contributed by atoms with Crippen molar-refractivity contribution < 1.29 is 13.5 Å². The first kappa shape index (κ1) is 20.3. The van der Waals surface area contributed by atoms with Crippen molar-refractivity contribution in [3.63, 3.8) is 0 Å². The Labute approximate surface area is 169 Å². The molecule has 0 saturated carbocycles. The second-order valence-corrected chi connectivity index (χ2v) is 7.98. The second-order valence-electron chi connectivity index (χ2n) is 7.54. The minimum Gasteiger partial charge on any atom is -0.451 e. The molecule has 4 heteroatoms. The number of hydrogen-bond donors (Lipinski definition) is 0. The van der Waals surface area contributed by atoms with Crippen molar-refractivity contribution in [2.75, 3.05) is 0 Å². The van der Waals surface area contributed by atoms with E-state index in [0.717, 1.165) is 29.8 Å². The molecule has 3 rings (SSSR count). The summed E-state index contributed by atoms with van der Waals surface area (Å²) in [4.78, 5) is 0. The molecule has 0 N–H and O–H groups in total. The summed E-state index contributed by atoms with van der Waals surface area (Å²) >= 11 is 5.98. The first-order valence-corrected chi connectivity index (χ1v) is 9.70. The summed E-state index contributed by atoms with van der Waals surface area (Å²) in [5.41, 5.74) is 2.20. The SMILES string of the molecule is CC(C)(CCCc1ccc(F)c(Oc2ccccc2F)c1)c1ccc(Cl)cc1. The molecule has 0 atom stereocenters.